The third kappa shape index (κ3) is 4.18. The second-order valence-electron chi connectivity index (χ2n) is 5.00. The van der Waals surface area contributed by atoms with Gasteiger partial charge < -0.3 is 10.6 Å². The molecule has 5 heteroatoms. The molecule has 4 nitrogen and oxygen atoms in total. The van der Waals surface area contributed by atoms with Crippen LogP contribution in [0.3, 0.4) is 0 Å². The molecule has 1 aromatic heterocycles. The first-order valence-electron chi connectivity index (χ1n) is 7.39. The number of benzene rings is 1. The topological polar surface area (TPSA) is 58.2 Å². The summed E-state index contributed by atoms with van der Waals surface area (Å²) >= 11 is 1.38. The van der Waals surface area contributed by atoms with Gasteiger partial charge >= 0.3 is 0 Å². The highest BCUT2D eigenvalue weighted by Gasteiger charge is 2.12. The highest BCUT2D eigenvalue weighted by atomic mass is 32.1. The van der Waals surface area contributed by atoms with Gasteiger partial charge in [-0.1, -0.05) is 26.0 Å². The maximum absolute atomic E-state index is 12.2. The summed E-state index contributed by atoms with van der Waals surface area (Å²) in [5, 5.41) is 7.66. The molecule has 2 aromatic rings. The highest BCUT2D eigenvalue weighted by Crippen LogP contribution is 2.15. The van der Waals surface area contributed by atoms with Crippen LogP contribution < -0.4 is 10.6 Å². The Hall–Kier alpha value is -2.14. The predicted molar refractivity (Wildman–Crippen MR) is 90.6 cm³/mol. The fraction of sp³-hybridized carbons (Fsp3) is 0.294. The molecule has 1 heterocycles. The molecule has 0 spiro atoms. The lowest BCUT2D eigenvalue weighted by molar-refractivity contribution is 0.0933. The third-order valence-electron chi connectivity index (χ3n) is 3.45. The third-order valence-corrected chi connectivity index (χ3v) is 4.32. The van der Waals surface area contributed by atoms with Gasteiger partial charge in [0.2, 0.25) is 0 Å². The summed E-state index contributed by atoms with van der Waals surface area (Å²) < 4.78 is 0. The zero-order valence-electron chi connectivity index (χ0n) is 12.8. The Balaban J connectivity index is 2.06. The monoisotopic (exact) mass is 316 g/mol. The van der Waals surface area contributed by atoms with E-state index < -0.39 is 0 Å². The van der Waals surface area contributed by atoms with Crippen LogP contribution in [0.5, 0.6) is 0 Å². The van der Waals surface area contributed by atoms with Gasteiger partial charge in [-0.15, -0.1) is 11.3 Å². The molecule has 0 unspecified atom stereocenters. The van der Waals surface area contributed by atoms with Crippen LogP contribution in [0.25, 0.3) is 0 Å². The summed E-state index contributed by atoms with van der Waals surface area (Å²) in [6.07, 6.45) is 1.80. The normalized spacial score (nSPS) is 10.5. The van der Waals surface area contributed by atoms with E-state index in [-0.39, 0.29) is 17.9 Å². The van der Waals surface area contributed by atoms with E-state index in [1.54, 1.807) is 30.3 Å². The minimum Gasteiger partial charge on any atom is -0.349 e. The molecule has 0 radical (unpaired) electrons. The van der Waals surface area contributed by atoms with Gasteiger partial charge in [0.15, 0.2) is 0 Å². The van der Waals surface area contributed by atoms with Gasteiger partial charge in [-0.2, -0.15) is 0 Å². The molecular weight excluding hydrogens is 296 g/mol. The average molecular weight is 316 g/mol. The molecule has 2 N–H and O–H groups in total. The minimum atomic E-state index is -0.160. The molecule has 0 saturated heterocycles. The Morgan fingerprint density at radius 3 is 2.50 bits per heavy atom. The van der Waals surface area contributed by atoms with Crippen molar-refractivity contribution >= 4 is 28.8 Å². The second kappa shape index (κ2) is 7.75. The van der Waals surface area contributed by atoms with Crippen molar-refractivity contribution in [3.8, 4) is 0 Å². The van der Waals surface area contributed by atoms with Crippen molar-refractivity contribution in [2.75, 3.05) is 5.32 Å². The molecule has 2 amide bonds. The van der Waals surface area contributed by atoms with Crippen LogP contribution in [0.2, 0.25) is 0 Å². The fourth-order valence-electron chi connectivity index (χ4n) is 2.10. The SMILES string of the molecule is CCC(CC)NC(=O)c1cccc(NC(=O)c2cccs2)c1. The van der Waals surface area contributed by atoms with Gasteiger partial charge in [0, 0.05) is 17.3 Å². The molecule has 0 bridgehead atoms. The Morgan fingerprint density at radius 1 is 1.09 bits per heavy atom. The van der Waals surface area contributed by atoms with E-state index in [1.165, 1.54) is 11.3 Å². The molecule has 0 fully saturated rings. The van der Waals surface area contributed by atoms with E-state index in [2.05, 4.69) is 10.6 Å². The van der Waals surface area contributed by atoms with Gasteiger partial charge in [0.05, 0.1) is 4.88 Å². The lowest BCUT2D eigenvalue weighted by Crippen LogP contribution is -2.33. The van der Waals surface area contributed by atoms with Crippen LogP contribution in [-0.4, -0.2) is 17.9 Å². The first-order chi connectivity index (χ1) is 10.6. The lowest BCUT2D eigenvalue weighted by Gasteiger charge is -2.15. The minimum absolute atomic E-state index is 0.110. The Morgan fingerprint density at radius 2 is 1.86 bits per heavy atom. The van der Waals surface area contributed by atoms with Crippen molar-refractivity contribution < 1.29 is 9.59 Å². The highest BCUT2D eigenvalue weighted by molar-refractivity contribution is 7.12. The van der Waals surface area contributed by atoms with E-state index in [1.807, 2.05) is 25.3 Å². The van der Waals surface area contributed by atoms with Crippen LogP contribution in [0, 0.1) is 0 Å². The van der Waals surface area contributed by atoms with Crippen molar-refractivity contribution in [1.82, 2.24) is 5.32 Å². The summed E-state index contributed by atoms with van der Waals surface area (Å²) in [7, 11) is 0. The van der Waals surface area contributed by atoms with E-state index in [0.29, 0.717) is 16.1 Å². The van der Waals surface area contributed by atoms with E-state index in [0.717, 1.165) is 12.8 Å². The Bertz CT molecular complexity index is 634. The summed E-state index contributed by atoms with van der Waals surface area (Å²) in [5.74, 6) is -0.270. The zero-order chi connectivity index (χ0) is 15.9. The van der Waals surface area contributed by atoms with Gasteiger partial charge in [-0.25, -0.2) is 0 Å². The van der Waals surface area contributed by atoms with E-state index in [9.17, 15) is 9.59 Å². The quantitative estimate of drug-likeness (QED) is 0.848. The lowest BCUT2D eigenvalue weighted by atomic mass is 10.1. The largest absolute Gasteiger partial charge is 0.349 e. The average Bonchev–Trinajstić information content (AvgIpc) is 3.07. The van der Waals surface area contributed by atoms with Crippen LogP contribution in [0.4, 0.5) is 5.69 Å². The fourth-order valence-corrected chi connectivity index (χ4v) is 2.72. The first-order valence-corrected chi connectivity index (χ1v) is 8.27. The molecular formula is C17H20N2O2S. The number of carbonyl (C=O) groups is 2. The van der Waals surface area contributed by atoms with Crippen LogP contribution in [-0.2, 0) is 0 Å². The number of nitrogens with one attached hydrogen (secondary N) is 2. The van der Waals surface area contributed by atoms with Crippen LogP contribution in [0.1, 0.15) is 46.7 Å². The van der Waals surface area contributed by atoms with Crippen LogP contribution in [0.15, 0.2) is 41.8 Å². The van der Waals surface area contributed by atoms with Crippen LogP contribution >= 0.6 is 11.3 Å². The van der Waals surface area contributed by atoms with E-state index in [4.69, 9.17) is 0 Å². The summed E-state index contributed by atoms with van der Waals surface area (Å²) in [6, 6.07) is 10.8. The van der Waals surface area contributed by atoms with Gasteiger partial charge in [-0.3, -0.25) is 9.59 Å². The van der Waals surface area contributed by atoms with Crippen molar-refractivity contribution in [3.63, 3.8) is 0 Å². The first kappa shape index (κ1) is 16.2. The maximum atomic E-state index is 12.2. The standard InChI is InChI=1S/C17H20N2O2S/c1-3-13(4-2)18-16(20)12-7-5-8-14(11-12)19-17(21)15-9-6-10-22-15/h5-11,13H,3-4H2,1-2H3,(H,18,20)(H,19,21). The van der Waals surface area contributed by atoms with E-state index >= 15 is 0 Å². The number of amides is 2. The Kier molecular flexibility index (Phi) is 5.72. The van der Waals surface area contributed by atoms with Crippen molar-refractivity contribution in [1.29, 1.82) is 0 Å². The molecule has 116 valence electrons. The summed E-state index contributed by atoms with van der Waals surface area (Å²) in [5.41, 5.74) is 1.17. The molecule has 1 aromatic carbocycles. The Labute approximate surface area is 134 Å². The van der Waals surface area contributed by atoms with Gasteiger partial charge in [0.1, 0.15) is 0 Å². The smallest absolute Gasteiger partial charge is 0.265 e. The molecule has 22 heavy (non-hydrogen) atoms. The number of thiophene rings is 1. The van der Waals surface area contributed by atoms with Crippen molar-refractivity contribution in [2.24, 2.45) is 0 Å². The molecule has 0 aliphatic heterocycles. The van der Waals surface area contributed by atoms with Crippen molar-refractivity contribution in [3.05, 3.63) is 52.2 Å². The maximum Gasteiger partial charge on any atom is 0.265 e. The molecule has 0 saturated carbocycles. The number of anilines is 1. The van der Waals surface area contributed by atoms with Gasteiger partial charge in [-0.05, 0) is 42.5 Å². The van der Waals surface area contributed by atoms with Crippen molar-refractivity contribution in [2.45, 2.75) is 32.7 Å². The number of hydrogen-bond acceptors (Lipinski definition) is 3. The molecule has 0 aliphatic rings. The molecule has 0 aliphatic carbocycles. The predicted octanol–water partition coefficient (Wildman–Crippen LogP) is 3.92. The van der Waals surface area contributed by atoms with Gasteiger partial charge in [0.25, 0.3) is 11.8 Å². The molecule has 2 rings (SSSR count). The summed E-state index contributed by atoms with van der Waals surface area (Å²) in [6.45, 7) is 4.10. The second-order valence-corrected chi connectivity index (χ2v) is 5.95. The summed E-state index contributed by atoms with van der Waals surface area (Å²) in [4.78, 5) is 24.9. The molecule has 0 atom stereocenters. The number of carbonyl (C=O) groups excluding carboxylic acids is 2. The number of rotatable bonds is 6. The number of hydrogen-bond donors (Lipinski definition) is 2. The zero-order valence-corrected chi connectivity index (χ0v) is 13.6.